The number of hydrogen-bond acceptors (Lipinski definition) is 15. The van der Waals surface area contributed by atoms with Gasteiger partial charge in [-0.15, -0.1) is 0 Å². The second-order valence-corrected chi connectivity index (χ2v) is 18.8. The summed E-state index contributed by atoms with van der Waals surface area (Å²) in [5.74, 6) is 0.0900. The average molecular weight is 762 g/mol. The Balaban J connectivity index is 1.14. The fourth-order valence-corrected chi connectivity index (χ4v) is 12.9. The van der Waals surface area contributed by atoms with Crippen molar-refractivity contribution in [3.8, 4) is 0 Å². The number of fused-ring (bicyclic) bond motifs is 4. The molecule has 2 aliphatic carbocycles. The van der Waals surface area contributed by atoms with Gasteiger partial charge in [0, 0.05) is 0 Å². The maximum atomic E-state index is 13.5. The van der Waals surface area contributed by atoms with Crippen LogP contribution in [0.2, 0.25) is 4.82 Å². The molecule has 2 saturated heterocycles. The van der Waals surface area contributed by atoms with Crippen LogP contribution in [-0.2, 0) is 34.5 Å². The first-order chi connectivity index (χ1) is 21.8. The number of rotatable bonds is 2. The third-order valence-corrected chi connectivity index (χ3v) is 14.8. The van der Waals surface area contributed by atoms with Gasteiger partial charge in [0.2, 0.25) is 0 Å². The molecule has 1 spiro atoms. The van der Waals surface area contributed by atoms with E-state index in [0.29, 0.717) is 23.4 Å². The SMILES string of the molecule is Cc1nc2c(ncn2[C@@H]2[Se][C@@H]3COP(O)(=S)O[C@H]4[C@@H](O)[C@H](n5cnc6c(N)ncnc65)[C@H]5C[C@@]54COP(=O)(O)O[C@@H]2[C@@H]3O)c(=O)[nH]1. The molecule has 4 fully saturated rings. The zero-order chi connectivity index (χ0) is 32.3. The number of anilines is 1. The number of phosphoric acid groups is 1. The number of nitrogens with two attached hydrogens (primary N) is 1. The van der Waals surface area contributed by atoms with Crippen LogP contribution in [0.1, 0.15) is 23.2 Å². The molecule has 4 aromatic rings. The Kier molecular flexibility index (Phi) is 7.19. The Morgan fingerprint density at radius 3 is 2.65 bits per heavy atom. The molecule has 23 heteroatoms. The summed E-state index contributed by atoms with van der Waals surface area (Å²) in [6, 6.07) is -0.700. The molecular formula is C23H27N9O10P2SSe. The summed E-state index contributed by atoms with van der Waals surface area (Å²) in [6.07, 6.45) is -0.685. The van der Waals surface area contributed by atoms with Crippen LogP contribution < -0.4 is 11.3 Å². The number of aromatic nitrogens is 8. The van der Waals surface area contributed by atoms with E-state index in [1.165, 1.54) is 23.5 Å². The van der Waals surface area contributed by atoms with Crippen molar-refractivity contribution >= 4 is 69.5 Å². The van der Waals surface area contributed by atoms with Crippen LogP contribution in [0.4, 0.5) is 5.82 Å². The minimum absolute atomic E-state index is 0.0468. The van der Waals surface area contributed by atoms with Crippen molar-refractivity contribution in [2.24, 2.45) is 11.3 Å². The van der Waals surface area contributed by atoms with E-state index in [0.717, 1.165) is 0 Å². The van der Waals surface area contributed by atoms with Crippen molar-refractivity contribution in [2.45, 2.75) is 53.6 Å². The molecule has 4 aliphatic rings. The van der Waals surface area contributed by atoms with E-state index < -0.39 is 87.3 Å². The molecule has 2 saturated carbocycles. The minimum atomic E-state index is -4.88. The standard InChI is InChI=1S/C23H27N9O10P2SSe/c1-8-29-20-12(21(35)30-8)28-7-32(20)22-16-14(33)10(46-22)3-39-44(38,45)42-17-15(34)13(9-2-23(9,17)4-40-43(36,37)41-16)31-6-27-11-18(24)25-5-26-19(11)31/h5-7,9-10,13-17,22,33-34H,2-4H2,1H3,(H,36,37)(H,38,45)(H2,24,25,26)(H,29,30,35)/t9-,10-,13-,14-,15+,16-,17+,22-,23-,44?/m1/s1. The summed E-state index contributed by atoms with van der Waals surface area (Å²) < 4.78 is 39.6. The van der Waals surface area contributed by atoms with Crippen molar-refractivity contribution in [3.05, 3.63) is 35.2 Å². The first kappa shape index (κ1) is 31.1. The van der Waals surface area contributed by atoms with Gasteiger partial charge in [0.1, 0.15) is 0 Å². The normalized spacial score (nSPS) is 41.1. The molecule has 6 heterocycles. The Hall–Kier alpha value is -2.22. The molecule has 4 aromatic heterocycles. The number of aliphatic hydroxyl groups excluding tert-OH is 2. The summed E-state index contributed by atoms with van der Waals surface area (Å²) in [5, 5.41) is 22.9. The number of H-pyrrole nitrogens is 1. The zero-order valence-corrected chi connectivity index (χ0v) is 27.9. The van der Waals surface area contributed by atoms with Gasteiger partial charge in [-0.1, -0.05) is 0 Å². The molecule has 2 unspecified atom stereocenters. The monoisotopic (exact) mass is 763 g/mol. The van der Waals surface area contributed by atoms with E-state index in [9.17, 15) is 29.4 Å². The molecule has 0 radical (unpaired) electrons. The number of nitrogens with one attached hydrogen (secondary N) is 1. The van der Waals surface area contributed by atoms with Crippen LogP contribution in [0, 0.1) is 18.3 Å². The van der Waals surface area contributed by atoms with Crippen LogP contribution in [0.5, 0.6) is 0 Å². The summed E-state index contributed by atoms with van der Waals surface area (Å²) >= 11 is 4.74. The van der Waals surface area contributed by atoms with Gasteiger partial charge in [-0.05, 0) is 0 Å². The van der Waals surface area contributed by atoms with Gasteiger partial charge in [0.15, 0.2) is 0 Å². The van der Waals surface area contributed by atoms with Gasteiger partial charge in [-0.25, -0.2) is 4.98 Å². The van der Waals surface area contributed by atoms with Crippen LogP contribution in [0.15, 0.2) is 23.8 Å². The number of aromatic amines is 1. The van der Waals surface area contributed by atoms with Gasteiger partial charge in [0.25, 0.3) is 0 Å². The topological polar surface area (TPSA) is 268 Å². The van der Waals surface area contributed by atoms with E-state index in [4.69, 9.17) is 35.6 Å². The maximum absolute atomic E-state index is 13.5. The van der Waals surface area contributed by atoms with E-state index in [1.807, 2.05) is 0 Å². The number of aliphatic hydroxyl groups is 2. The Morgan fingerprint density at radius 2 is 1.85 bits per heavy atom. The molecule has 46 heavy (non-hydrogen) atoms. The van der Waals surface area contributed by atoms with Gasteiger partial charge < -0.3 is 5.73 Å². The van der Waals surface area contributed by atoms with E-state index in [1.54, 1.807) is 11.5 Å². The fourth-order valence-electron chi connectivity index (χ4n) is 6.90. The number of nitrogens with zero attached hydrogens (tertiary/aromatic N) is 7. The van der Waals surface area contributed by atoms with Crippen molar-refractivity contribution in [3.63, 3.8) is 0 Å². The molecule has 2 aliphatic heterocycles. The van der Waals surface area contributed by atoms with Crippen LogP contribution in [0.25, 0.3) is 22.3 Å². The average Bonchev–Trinajstić information content (AvgIpc) is 3.26. The number of hydrogen-bond donors (Lipinski definition) is 6. The van der Waals surface area contributed by atoms with E-state index in [2.05, 4.69) is 29.9 Å². The summed E-state index contributed by atoms with van der Waals surface area (Å²) in [5.41, 5.74) is 5.36. The molecule has 7 N–H and O–H groups in total. The molecule has 0 amide bonds. The number of nitrogen functional groups attached to an aromatic ring is 1. The summed E-state index contributed by atoms with van der Waals surface area (Å²) in [4.78, 5) is 56.8. The van der Waals surface area contributed by atoms with Crippen molar-refractivity contribution in [1.29, 1.82) is 0 Å². The first-order valence-electron chi connectivity index (χ1n) is 14.0. The second-order valence-electron chi connectivity index (χ2n) is 11.7. The van der Waals surface area contributed by atoms with Crippen LogP contribution in [0.3, 0.4) is 0 Å². The van der Waals surface area contributed by atoms with Gasteiger partial charge in [-0.3, -0.25) is 0 Å². The van der Waals surface area contributed by atoms with Gasteiger partial charge in [-0.2, -0.15) is 0 Å². The Bertz CT molecular complexity index is 2050. The second kappa shape index (κ2) is 10.6. The van der Waals surface area contributed by atoms with Gasteiger partial charge in [0.05, 0.1) is 0 Å². The number of phosphoric ester groups is 1. The third-order valence-electron chi connectivity index (χ3n) is 9.06. The first-order valence-corrected chi connectivity index (χ1v) is 20.0. The predicted octanol–water partition coefficient (Wildman–Crippen LogP) is -0.728. The fraction of sp³-hybridized carbons (Fsp3) is 0.565. The third kappa shape index (κ3) is 4.84. The van der Waals surface area contributed by atoms with Crippen molar-refractivity contribution in [1.82, 2.24) is 39.0 Å². The van der Waals surface area contributed by atoms with Crippen molar-refractivity contribution < 1.29 is 42.7 Å². The molecule has 19 nitrogen and oxygen atoms in total. The molecule has 11 atom stereocenters. The molecule has 8 rings (SSSR count). The van der Waals surface area contributed by atoms with Crippen LogP contribution in [-0.4, -0.2) is 112 Å². The Labute approximate surface area is 269 Å². The molecule has 2 bridgehead atoms. The molecule has 246 valence electrons. The molecule has 0 aromatic carbocycles. The number of aryl methyl sites for hydroxylation is 1. The van der Waals surface area contributed by atoms with Gasteiger partial charge >= 0.3 is 259 Å². The Morgan fingerprint density at radius 1 is 1.09 bits per heavy atom. The summed E-state index contributed by atoms with van der Waals surface area (Å²) in [7, 11) is -4.88. The van der Waals surface area contributed by atoms with E-state index >= 15 is 0 Å². The zero-order valence-electron chi connectivity index (χ0n) is 23.6. The van der Waals surface area contributed by atoms with Crippen molar-refractivity contribution in [2.75, 3.05) is 18.9 Å². The predicted molar refractivity (Wildman–Crippen MR) is 161 cm³/mol. The van der Waals surface area contributed by atoms with E-state index in [-0.39, 0.29) is 29.5 Å². The quantitative estimate of drug-likeness (QED) is 0.109. The molecular weight excluding hydrogens is 735 g/mol. The van der Waals surface area contributed by atoms with Crippen LogP contribution >= 0.6 is 14.5 Å². The summed E-state index contributed by atoms with van der Waals surface area (Å²) in [6.45, 7) is -3.17. The number of imidazole rings is 2.